The van der Waals surface area contributed by atoms with Gasteiger partial charge in [-0.2, -0.15) is 0 Å². The van der Waals surface area contributed by atoms with E-state index in [0.717, 1.165) is 48.3 Å². The van der Waals surface area contributed by atoms with Crippen LogP contribution in [0, 0.1) is 0 Å². The lowest BCUT2D eigenvalue weighted by atomic mass is 9.77. The molecule has 1 unspecified atom stereocenters. The van der Waals surface area contributed by atoms with Gasteiger partial charge in [-0.15, -0.1) is 10.2 Å². The number of hydrogen-bond donors (Lipinski definition) is 2. The first kappa shape index (κ1) is 20.2. The second-order valence-corrected chi connectivity index (χ2v) is 10.4. The summed E-state index contributed by atoms with van der Waals surface area (Å²) in [5, 5.41) is 10.3. The predicted octanol–water partition coefficient (Wildman–Crippen LogP) is 3.39. The van der Waals surface area contributed by atoms with Crippen LogP contribution < -0.4 is 14.8 Å². The van der Waals surface area contributed by atoms with Crippen LogP contribution in [0.3, 0.4) is 0 Å². The molecule has 2 aliphatic rings. The van der Waals surface area contributed by atoms with Gasteiger partial charge in [0.2, 0.25) is 15.4 Å². The molecule has 1 aromatic carbocycles. The second-order valence-electron chi connectivity index (χ2n) is 7.54. The summed E-state index contributed by atoms with van der Waals surface area (Å²) in [4.78, 5) is 11.5. The molecule has 0 radical (unpaired) electrons. The molecule has 1 aromatic heterocycles. The van der Waals surface area contributed by atoms with Crippen molar-refractivity contribution in [2.24, 2.45) is 0 Å². The fraction of sp³-hybridized carbons (Fsp3) is 0.526. The third-order valence-corrected chi connectivity index (χ3v) is 8.14. The van der Waals surface area contributed by atoms with Gasteiger partial charge in [0.25, 0.3) is 10.0 Å². The van der Waals surface area contributed by atoms with E-state index in [1.54, 1.807) is 6.92 Å². The summed E-state index contributed by atoms with van der Waals surface area (Å²) in [5.41, 5.74) is 0.498. The quantitative estimate of drug-likeness (QED) is 0.695. The number of carbonyl (C=O) groups is 1. The van der Waals surface area contributed by atoms with Gasteiger partial charge in [0.15, 0.2) is 0 Å². The lowest BCUT2D eigenvalue weighted by Crippen LogP contribution is -2.46. The van der Waals surface area contributed by atoms with E-state index in [1.165, 1.54) is 6.42 Å². The zero-order valence-corrected chi connectivity index (χ0v) is 17.8. The number of ether oxygens (including phenoxy) is 1. The van der Waals surface area contributed by atoms with Crippen molar-refractivity contribution in [2.75, 3.05) is 5.32 Å². The zero-order valence-electron chi connectivity index (χ0n) is 16.2. The Morgan fingerprint density at radius 3 is 2.76 bits per heavy atom. The first-order valence-corrected chi connectivity index (χ1v) is 12.1. The van der Waals surface area contributed by atoms with E-state index in [0.29, 0.717) is 6.42 Å². The van der Waals surface area contributed by atoms with Gasteiger partial charge in [0.05, 0.1) is 6.04 Å². The normalized spacial score (nSPS) is 20.7. The zero-order chi connectivity index (χ0) is 20.5. The van der Waals surface area contributed by atoms with Gasteiger partial charge in [-0.3, -0.25) is 4.79 Å². The van der Waals surface area contributed by atoms with Crippen molar-refractivity contribution >= 4 is 32.4 Å². The number of sulfonamides is 1. The molecule has 4 rings (SSSR count). The third-order valence-electron chi connectivity index (χ3n) is 5.46. The maximum absolute atomic E-state index is 13.0. The Morgan fingerprint density at radius 2 is 2.00 bits per heavy atom. The maximum atomic E-state index is 13.0. The average Bonchev–Trinajstić information content (AvgIpc) is 3.17. The minimum Gasteiger partial charge on any atom is -0.487 e. The highest BCUT2D eigenvalue weighted by Crippen LogP contribution is 2.46. The van der Waals surface area contributed by atoms with Crippen molar-refractivity contribution < 1.29 is 17.9 Å². The number of hydrogen-bond acceptors (Lipinski definition) is 7. The lowest BCUT2D eigenvalue weighted by molar-refractivity contribution is -0.115. The van der Waals surface area contributed by atoms with Crippen molar-refractivity contribution in [3.63, 3.8) is 0 Å². The summed E-state index contributed by atoms with van der Waals surface area (Å²) in [6, 6.07) is 7.17. The molecular weight excluding hydrogens is 412 g/mol. The summed E-state index contributed by atoms with van der Waals surface area (Å²) in [6.07, 6.45) is 6.05. The SMILES string of the molecule is CCC(=O)Nc1nnc(S(=O)(=O)NC2CC3(CCCCC3)Oc3ccccc32)s1. The molecule has 29 heavy (non-hydrogen) atoms. The summed E-state index contributed by atoms with van der Waals surface area (Å²) >= 11 is 0.845. The Morgan fingerprint density at radius 1 is 1.24 bits per heavy atom. The van der Waals surface area contributed by atoms with E-state index in [-0.39, 0.29) is 27.4 Å². The number of anilines is 1. The summed E-state index contributed by atoms with van der Waals surface area (Å²) < 4.78 is 35.0. The Hall–Kier alpha value is -2.04. The summed E-state index contributed by atoms with van der Waals surface area (Å²) in [7, 11) is -3.89. The van der Waals surface area contributed by atoms with Crippen LogP contribution in [-0.4, -0.2) is 30.1 Å². The van der Waals surface area contributed by atoms with Gasteiger partial charge in [0, 0.05) is 18.4 Å². The molecule has 8 nitrogen and oxygen atoms in total. The molecule has 0 bridgehead atoms. The van der Waals surface area contributed by atoms with Crippen molar-refractivity contribution in [1.82, 2.24) is 14.9 Å². The van der Waals surface area contributed by atoms with Gasteiger partial charge in [-0.1, -0.05) is 42.9 Å². The van der Waals surface area contributed by atoms with Crippen LogP contribution in [0.2, 0.25) is 0 Å². The summed E-state index contributed by atoms with van der Waals surface area (Å²) in [6.45, 7) is 1.71. The standard InChI is InChI=1S/C19H24N4O4S2/c1-2-16(24)20-17-21-22-18(28-17)29(25,26)23-14-12-19(10-6-3-7-11-19)27-15-9-5-4-8-13(14)15/h4-5,8-9,14,23H,2-3,6-7,10-12H2,1H3,(H,20,21,24). The minimum absolute atomic E-state index is 0.162. The van der Waals surface area contributed by atoms with E-state index in [2.05, 4.69) is 20.2 Å². The Kier molecular flexibility index (Phi) is 5.58. The molecule has 2 aromatic rings. The van der Waals surface area contributed by atoms with Crippen LogP contribution in [0.25, 0.3) is 0 Å². The first-order valence-electron chi connectivity index (χ1n) is 9.84. The highest BCUT2D eigenvalue weighted by atomic mass is 32.2. The molecule has 1 aliphatic carbocycles. The maximum Gasteiger partial charge on any atom is 0.270 e. The van der Waals surface area contributed by atoms with Crippen LogP contribution in [0.5, 0.6) is 5.75 Å². The smallest absolute Gasteiger partial charge is 0.270 e. The van der Waals surface area contributed by atoms with Gasteiger partial charge >= 0.3 is 0 Å². The number of benzene rings is 1. The number of aromatic nitrogens is 2. The van der Waals surface area contributed by atoms with Crippen molar-refractivity contribution in [3.05, 3.63) is 29.8 Å². The highest BCUT2D eigenvalue weighted by molar-refractivity contribution is 7.91. The van der Waals surface area contributed by atoms with E-state index in [9.17, 15) is 13.2 Å². The molecule has 156 valence electrons. The van der Waals surface area contributed by atoms with Crippen molar-refractivity contribution in [1.29, 1.82) is 0 Å². The van der Waals surface area contributed by atoms with Crippen molar-refractivity contribution in [3.8, 4) is 5.75 Å². The summed E-state index contributed by atoms with van der Waals surface area (Å²) in [5.74, 6) is 0.497. The molecule has 1 fully saturated rings. The fourth-order valence-corrected chi connectivity index (χ4v) is 6.19. The number of carbonyl (C=O) groups excluding carboxylic acids is 1. The monoisotopic (exact) mass is 436 g/mol. The van der Waals surface area contributed by atoms with Crippen LogP contribution in [0.4, 0.5) is 5.13 Å². The second kappa shape index (κ2) is 8.00. The molecule has 0 saturated heterocycles. The largest absolute Gasteiger partial charge is 0.487 e. The molecule has 2 heterocycles. The molecular formula is C19H24N4O4S2. The predicted molar refractivity (Wildman–Crippen MR) is 109 cm³/mol. The van der Waals surface area contributed by atoms with Gasteiger partial charge in [-0.05, 0) is 31.7 Å². The number of fused-ring (bicyclic) bond motifs is 1. The van der Waals surface area contributed by atoms with Crippen LogP contribution in [0.15, 0.2) is 28.6 Å². The Balaban J connectivity index is 1.59. The van der Waals surface area contributed by atoms with E-state index >= 15 is 0 Å². The van der Waals surface area contributed by atoms with Crippen molar-refractivity contribution in [2.45, 2.75) is 67.9 Å². The number of rotatable bonds is 5. The fourth-order valence-electron chi connectivity index (χ4n) is 4.04. The topological polar surface area (TPSA) is 110 Å². The number of para-hydroxylation sites is 1. The first-order chi connectivity index (χ1) is 13.9. The Labute approximate surface area is 174 Å². The molecule has 1 atom stereocenters. The van der Waals surface area contributed by atoms with Gasteiger partial charge < -0.3 is 10.1 Å². The lowest BCUT2D eigenvalue weighted by Gasteiger charge is -2.44. The Bertz CT molecular complexity index is 999. The highest BCUT2D eigenvalue weighted by Gasteiger charge is 2.43. The molecule has 1 aliphatic heterocycles. The average molecular weight is 437 g/mol. The van der Waals surface area contributed by atoms with Crippen LogP contribution in [-0.2, 0) is 14.8 Å². The molecule has 10 heteroatoms. The molecule has 1 amide bonds. The third kappa shape index (κ3) is 4.29. The van der Waals surface area contributed by atoms with Crippen LogP contribution >= 0.6 is 11.3 Å². The van der Waals surface area contributed by atoms with E-state index in [1.807, 2.05) is 24.3 Å². The van der Waals surface area contributed by atoms with Crippen LogP contribution in [0.1, 0.15) is 63.5 Å². The number of amides is 1. The molecule has 2 N–H and O–H groups in total. The number of nitrogens with one attached hydrogen (secondary N) is 2. The number of nitrogens with zero attached hydrogens (tertiary/aromatic N) is 2. The van der Waals surface area contributed by atoms with E-state index < -0.39 is 16.1 Å². The molecule has 1 saturated carbocycles. The van der Waals surface area contributed by atoms with Gasteiger partial charge in [-0.25, -0.2) is 13.1 Å². The molecule has 1 spiro atoms. The van der Waals surface area contributed by atoms with E-state index in [4.69, 9.17) is 4.74 Å². The van der Waals surface area contributed by atoms with Gasteiger partial charge in [0.1, 0.15) is 11.4 Å². The minimum atomic E-state index is -3.89.